The lowest BCUT2D eigenvalue weighted by Gasteiger charge is -2.37. The Bertz CT molecular complexity index is 997. The summed E-state index contributed by atoms with van der Waals surface area (Å²) in [6.07, 6.45) is 3.48. The van der Waals surface area contributed by atoms with Crippen LogP contribution < -0.4 is 4.90 Å². The van der Waals surface area contributed by atoms with E-state index >= 15 is 0 Å². The van der Waals surface area contributed by atoms with Crippen LogP contribution in [-0.2, 0) is 24.4 Å². The standard InChI is InChI=1S/C20H32N2O6S2/c1-20(2,3)28-19(23)21(4)13-15-8-7-11-22(14-15)17-10-9-16(29(5,24)25)12-18(17)30(6,26)27/h9-10,12,15H,7-8,11,13-14H2,1-6H3. The molecule has 0 radical (unpaired) electrons. The molecule has 8 nitrogen and oxygen atoms in total. The van der Waals surface area contributed by atoms with Crippen molar-refractivity contribution in [3.05, 3.63) is 18.2 Å². The zero-order chi connectivity index (χ0) is 22.9. The van der Waals surface area contributed by atoms with Crippen molar-refractivity contribution >= 4 is 31.5 Å². The molecular formula is C20H32N2O6S2. The molecule has 1 atom stereocenters. The number of nitrogens with zero attached hydrogens (tertiary/aromatic N) is 2. The molecule has 1 aliphatic rings. The van der Waals surface area contributed by atoms with Gasteiger partial charge in [-0.25, -0.2) is 21.6 Å². The van der Waals surface area contributed by atoms with Gasteiger partial charge in [0, 0.05) is 39.2 Å². The fourth-order valence-corrected chi connectivity index (χ4v) is 5.16. The van der Waals surface area contributed by atoms with Crippen LogP contribution in [0.1, 0.15) is 33.6 Å². The van der Waals surface area contributed by atoms with Gasteiger partial charge < -0.3 is 14.5 Å². The molecule has 30 heavy (non-hydrogen) atoms. The van der Waals surface area contributed by atoms with Gasteiger partial charge >= 0.3 is 6.09 Å². The molecular weight excluding hydrogens is 428 g/mol. The van der Waals surface area contributed by atoms with Gasteiger partial charge in [0.1, 0.15) is 5.60 Å². The Morgan fingerprint density at radius 3 is 2.33 bits per heavy atom. The highest BCUT2D eigenvalue weighted by Crippen LogP contribution is 2.32. The number of hydrogen-bond donors (Lipinski definition) is 0. The lowest BCUT2D eigenvalue weighted by molar-refractivity contribution is 0.0269. The lowest BCUT2D eigenvalue weighted by Crippen LogP contribution is -2.43. The molecule has 0 spiro atoms. The van der Waals surface area contributed by atoms with Gasteiger partial charge in [0.15, 0.2) is 19.7 Å². The molecule has 1 amide bonds. The number of benzene rings is 1. The molecule has 0 aromatic heterocycles. The minimum atomic E-state index is -3.63. The third-order valence-corrected chi connectivity index (χ3v) is 7.09. The molecule has 0 N–H and O–H groups in total. The van der Waals surface area contributed by atoms with E-state index in [0.717, 1.165) is 25.4 Å². The molecule has 1 aromatic rings. The van der Waals surface area contributed by atoms with Crippen LogP contribution >= 0.6 is 0 Å². The molecule has 1 aliphatic heterocycles. The first kappa shape index (κ1) is 24.5. The monoisotopic (exact) mass is 460 g/mol. The summed E-state index contributed by atoms with van der Waals surface area (Å²) >= 11 is 0. The summed E-state index contributed by atoms with van der Waals surface area (Å²) in [6.45, 7) is 7.15. The summed E-state index contributed by atoms with van der Waals surface area (Å²) in [5, 5.41) is 0. The van der Waals surface area contributed by atoms with E-state index < -0.39 is 31.4 Å². The van der Waals surface area contributed by atoms with E-state index in [0.29, 0.717) is 25.3 Å². The van der Waals surface area contributed by atoms with E-state index in [1.165, 1.54) is 12.1 Å². The molecule has 170 valence electrons. The topological polar surface area (TPSA) is 101 Å². The second kappa shape index (κ2) is 8.74. The second-order valence-corrected chi connectivity index (χ2v) is 13.0. The zero-order valence-corrected chi connectivity index (χ0v) is 20.1. The second-order valence-electron chi connectivity index (χ2n) is 8.99. The number of carbonyl (C=O) groups is 1. The maximum Gasteiger partial charge on any atom is 0.410 e. The van der Waals surface area contributed by atoms with Gasteiger partial charge in [0.2, 0.25) is 0 Å². The van der Waals surface area contributed by atoms with Crippen molar-refractivity contribution in [1.29, 1.82) is 0 Å². The Labute approximate surface area is 180 Å². The highest BCUT2D eigenvalue weighted by atomic mass is 32.2. The van der Waals surface area contributed by atoms with Crippen LogP contribution in [0.25, 0.3) is 0 Å². The number of ether oxygens (including phenoxy) is 1. The van der Waals surface area contributed by atoms with E-state index in [-0.39, 0.29) is 15.7 Å². The Morgan fingerprint density at radius 1 is 1.17 bits per heavy atom. The molecule has 1 heterocycles. The molecule has 1 aromatic carbocycles. The maximum atomic E-state index is 12.4. The molecule has 1 unspecified atom stereocenters. The molecule has 2 rings (SSSR count). The third kappa shape index (κ3) is 6.60. The Hall–Kier alpha value is -1.81. The van der Waals surface area contributed by atoms with Crippen molar-refractivity contribution in [3.8, 4) is 0 Å². The van der Waals surface area contributed by atoms with Crippen LogP contribution in [0.4, 0.5) is 10.5 Å². The van der Waals surface area contributed by atoms with Gasteiger partial charge in [0.05, 0.1) is 15.5 Å². The van der Waals surface area contributed by atoms with E-state index in [1.54, 1.807) is 18.0 Å². The molecule has 10 heteroatoms. The summed E-state index contributed by atoms with van der Waals surface area (Å²) in [4.78, 5) is 15.7. The quantitative estimate of drug-likeness (QED) is 0.665. The average molecular weight is 461 g/mol. The number of piperidine rings is 1. The number of sulfone groups is 2. The number of carbonyl (C=O) groups excluding carboxylic acids is 1. The first-order valence-electron chi connectivity index (χ1n) is 9.81. The van der Waals surface area contributed by atoms with Crippen molar-refractivity contribution in [1.82, 2.24) is 4.90 Å². The van der Waals surface area contributed by atoms with E-state index in [9.17, 15) is 21.6 Å². The van der Waals surface area contributed by atoms with Crippen LogP contribution in [0, 0.1) is 5.92 Å². The van der Waals surface area contributed by atoms with Gasteiger partial charge in [-0.05, 0) is 57.7 Å². The highest BCUT2D eigenvalue weighted by Gasteiger charge is 2.28. The summed E-state index contributed by atoms with van der Waals surface area (Å²) in [7, 11) is -5.47. The lowest BCUT2D eigenvalue weighted by atomic mass is 9.97. The number of amides is 1. The van der Waals surface area contributed by atoms with Crippen molar-refractivity contribution < 1.29 is 26.4 Å². The largest absolute Gasteiger partial charge is 0.444 e. The number of anilines is 1. The summed E-state index contributed by atoms with van der Waals surface area (Å²) in [5.74, 6) is 0.137. The van der Waals surface area contributed by atoms with Gasteiger partial charge in [0.25, 0.3) is 0 Å². The Balaban J connectivity index is 2.24. The number of hydrogen-bond acceptors (Lipinski definition) is 7. The Kier molecular flexibility index (Phi) is 7.13. The molecule has 0 aliphatic carbocycles. The van der Waals surface area contributed by atoms with E-state index in [2.05, 4.69) is 0 Å². The third-order valence-electron chi connectivity index (χ3n) is 4.86. The molecule has 1 fully saturated rings. The van der Waals surface area contributed by atoms with Crippen molar-refractivity contribution in [3.63, 3.8) is 0 Å². The summed E-state index contributed by atoms with van der Waals surface area (Å²) in [6, 6.07) is 4.24. The van der Waals surface area contributed by atoms with Crippen LogP contribution in [0.15, 0.2) is 28.0 Å². The smallest absolute Gasteiger partial charge is 0.410 e. The van der Waals surface area contributed by atoms with Crippen molar-refractivity contribution in [2.75, 3.05) is 44.1 Å². The van der Waals surface area contributed by atoms with Gasteiger partial charge in [-0.15, -0.1) is 0 Å². The van der Waals surface area contributed by atoms with Crippen LogP contribution in [0.5, 0.6) is 0 Å². The summed E-state index contributed by atoms with van der Waals surface area (Å²) < 4.78 is 53.9. The number of rotatable bonds is 5. The van der Waals surface area contributed by atoms with Crippen LogP contribution in [0.3, 0.4) is 0 Å². The predicted molar refractivity (Wildman–Crippen MR) is 116 cm³/mol. The van der Waals surface area contributed by atoms with Gasteiger partial charge in [-0.2, -0.15) is 0 Å². The SMILES string of the molecule is CN(CC1CCCN(c2ccc(S(C)(=O)=O)cc2S(C)(=O)=O)C1)C(=O)OC(C)(C)C. The molecule has 0 bridgehead atoms. The predicted octanol–water partition coefficient (Wildman–Crippen LogP) is 2.58. The van der Waals surface area contributed by atoms with E-state index in [1.807, 2.05) is 25.7 Å². The fraction of sp³-hybridized carbons (Fsp3) is 0.650. The molecule has 0 saturated carbocycles. The van der Waals surface area contributed by atoms with Crippen molar-refractivity contribution in [2.24, 2.45) is 5.92 Å². The normalized spacial score (nSPS) is 18.2. The van der Waals surface area contributed by atoms with E-state index in [4.69, 9.17) is 4.74 Å². The molecule has 1 saturated heterocycles. The van der Waals surface area contributed by atoms with Gasteiger partial charge in [-0.1, -0.05) is 0 Å². The van der Waals surface area contributed by atoms with Gasteiger partial charge in [-0.3, -0.25) is 0 Å². The van der Waals surface area contributed by atoms with Crippen LogP contribution in [0.2, 0.25) is 0 Å². The fourth-order valence-electron chi connectivity index (χ4n) is 3.52. The minimum absolute atomic E-state index is 0.00609. The Morgan fingerprint density at radius 2 is 1.80 bits per heavy atom. The maximum absolute atomic E-state index is 12.4. The van der Waals surface area contributed by atoms with Crippen molar-refractivity contribution in [2.45, 2.75) is 49.0 Å². The first-order chi connectivity index (χ1) is 13.6. The summed E-state index contributed by atoms with van der Waals surface area (Å²) in [5.41, 5.74) is -0.0788. The highest BCUT2D eigenvalue weighted by molar-refractivity contribution is 7.91. The average Bonchev–Trinajstić information content (AvgIpc) is 2.58. The first-order valence-corrected chi connectivity index (χ1v) is 13.6. The minimum Gasteiger partial charge on any atom is -0.444 e. The van der Waals surface area contributed by atoms with Crippen LogP contribution in [-0.4, -0.2) is 72.6 Å². The zero-order valence-electron chi connectivity index (χ0n) is 18.5.